The lowest BCUT2D eigenvalue weighted by atomic mass is 9.99. The lowest BCUT2D eigenvalue weighted by Crippen LogP contribution is -2.21. The van der Waals surface area contributed by atoms with Crippen LogP contribution < -0.4 is 15.4 Å². The molecule has 0 fully saturated rings. The van der Waals surface area contributed by atoms with Crippen LogP contribution in [0.1, 0.15) is 26.4 Å². The second-order valence-electron chi connectivity index (χ2n) is 8.06. The maximum absolute atomic E-state index is 13.3. The number of sulfone groups is 1. The summed E-state index contributed by atoms with van der Waals surface area (Å²) in [6, 6.07) is 11.0. The van der Waals surface area contributed by atoms with Gasteiger partial charge < -0.3 is 15.2 Å². The maximum atomic E-state index is 13.3. The van der Waals surface area contributed by atoms with Gasteiger partial charge >= 0.3 is 12.0 Å². The highest BCUT2D eigenvalue weighted by molar-refractivity contribution is 7.90. The first-order valence-electron chi connectivity index (χ1n) is 11.1. The van der Waals surface area contributed by atoms with E-state index < -0.39 is 39.3 Å². The predicted molar refractivity (Wildman–Crippen MR) is 139 cm³/mol. The average Bonchev–Trinajstić information content (AvgIpc) is 3.53. The maximum Gasteiger partial charge on any atom is 0.325 e. The van der Waals surface area contributed by atoms with Crippen LogP contribution in [0.25, 0.3) is 0 Å². The monoisotopic (exact) mass is 571 g/mol. The van der Waals surface area contributed by atoms with E-state index in [2.05, 4.69) is 31.1 Å². The van der Waals surface area contributed by atoms with Crippen molar-refractivity contribution in [2.24, 2.45) is 0 Å². The summed E-state index contributed by atoms with van der Waals surface area (Å²) in [6.07, 6.45) is 1.26. The fraction of sp³-hybridized carbons (Fsp3) is 0.174. The summed E-state index contributed by atoms with van der Waals surface area (Å²) < 4.78 is 31.4. The van der Waals surface area contributed by atoms with Gasteiger partial charge in [-0.3, -0.25) is 14.9 Å². The number of anilines is 2. The van der Waals surface area contributed by atoms with Crippen molar-refractivity contribution in [2.45, 2.75) is 24.4 Å². The van der Waals surface area contributed by atoms with Gasteiger partial charge in [-0.25, -0.2) is 22.9 Å². The summed E-state index contributed by atoms with van der Waals surface area (Å²) in [5.41, 5.74) is 1.63. The summed E-state index contributed by atoms with van der Waals surface area (Å²) in [4.78, 5) is 41.2. The fourth-order valence-electron chi connectivity index (χ4n) is 3.51. The highest BCUT2D eigenvalue weighted by Crippen LogP contribution is 2.27. The van der Waals surface area contributed by atoms with Crippen molar-refractivity contribution in [1.82, 2.24) is 25.2 Å². The van der Waals surface area contributed by atoms with Crippen LogP contribution in [0.4, 0.5) is 15.6 Å². The Kier molecular flexibility index (Phi) is 7.96. The predicted octanol–water partition coefficient (Wildman–Crippen LogP) is 2.38. The molecule has 0 bridgehead atoms. The molecule has 0 saturated heterocycles. The molecule has 3 N–H and O–H groups in total. The van der Waals surface area contributed by atoms with Crippen LogP contribution in [-0.4, -0.2) is 63.6 Å². The molecule has 202 valence electrons. The number of urea groups is 1. The molecule has 2 aromatic heterocycles. The Hall–Kier alpha value is -4.70. The van der Waals surface area contributed by atoms with E-state index >= 15 is 0 Å². The fourth-order valence-corrected chi connectivity index (χ4v) is 5.98. The highest BCUT2D eigenvalue weighted by atomic mass is 32.2. The van der Waals surface area contributed by atoms with Gasteiger partial charge in [0.1, 0.15) is 12.3 Å². The smallest absolute Gasteiger partial charge is 0.325 e. The topological polar surface area (TPSA) is 195 Å². The van der Waals surface area contributed by atoms with Crippen LogP contribution in [0.3, 0.4) is 0 Å². The molecule has 0 aliphatic rings. The van der Waals surface area contributed by atoms with Crippen molar-refractivity contribution in [2.75, 3.05) is 17.7 Å². The molecule has 0 aliphatic carbocycles. The number of nitrogens with zero attached hydrogens (tertiary/aromatic N) is 5. The number of amides is 2. The Morgan fingerprint density at radius 2 is 1.87 bits per heavy atom. The second kappa shape index (κ2) is 11.4. The van der Waals surface area contributed by atoms with Crippen molar-refractivity contribution < 1.29 is 32.6 Å². The Bertz CT molecular complexity index is 1660. The molecule has 0 radical (unpaired) electrons. The number of tetrazole rings is 1. The van der Waals surface area contributed by atoms with E-state index in [0.29, 0.717) is 16.0 Å². The number of para-hydroxylation sites is 1. The van der Waals surface area contributed by atoms with E-state index in [-0.39, 0.29) is 27.0 Å². The molecule has 2 heterocycles. The summed E-state index contributed by atoms with van der Waals surface area (Å²) in [5.74, 6) is -1.83. The van der Waals surface area contributed by atoms with Gasteiger partial charge in [-0.1, -0.05) is 28.9 Å². The van der Waals surface area contributed by atoms with Gasteiger partial charge in [-0.05, 0) is 41.6 Å². The van der Waals surface area contributed by atoms with E-state index in [1.807, 2.05) is 6.92 Å². The van der Waals surface area contributed by atoms with Gasteiger partial charge in [0.25, 0.3) is 5.16 Å². The molecule has 14 nitrogen and oxygen atoms in total. The van der Waals surface area contributed by atoms with Gasteiger partial charge in [0.2, 0.25) is 9.84 Å². The van der Waals surface area contributed by atoms with Crippen LogP contribution >= 0.6 is 11.3 Å². The van der Waals surface area contributed by atoms with E-state index in [1.165, 1.54) is 13.3 Å². The molecule has 4 rings (SSSR count). The third kappa shape index (κ3) is 6.42. The zero-order chi connectivity index (χ0) is 28.2. The number of ether oxygens (including phenoxy) is 1. The molecule has 2 aromatic carbocycles. The number of carboxylic acid groups (broad SMARTS) is 1. The number of hydrogen-bond acceptors (Lipinski definition) is 11. The van der Waals surface area contributed by atoms with Gasteiger partial charge in [-0.15, -0.1) is 11.3 Å². The Labute approximate surface area is 225 Å². The molecular weight excluding hydrogens is 550 g/mol. The van der Waals surface area contributed by atoms with E-state index in [4.69, 9.17) is 9.84 Å². The van der Waals surface area contributed by atoms with Crippen LogP contribution in [0.5, 0.6) is 5.75 Å². The van der Waals surface area contributed by atoms with Crippen LogP contribution in [0, 0.1) is 6.92 Å². The molecule has 2 amide bonds. The summed E-state index contributed by atoms with van der Waals surface area (Å²) >= 11 is 0.891. The molecule has 0 aliphatic heterocycles. The van der Waals surface area contributed by atoms with Gasteiger partial charge in [0.05, 0.1) is 24.1 Å². The van der Waals surface area contributed by atoms with Gasteiger partial charge in [-0.2, -0.15) is 0 Å². The van der Waals surface area contributed by atoms with Gasteiger partial charge in [0, 0.05) is 16.6 Å². The normalized spacial score (nSPS) is 11.1. The zero-order valence-corrected chi connectivity index (χ0v) is 22.1. The first kappa shape index (κ1) is 27.3. The number of rotatable bonds is 10. The summed E-state index contributed by atoms with van der Waals surface area (Å²) in [6.45, 7) is 1.09. The summed E-state index contributed by atoms with van der Waals surface area (Å²) in [5, 5.41) is 23.6. The minimum atomic E-state index is -4.10. The lowest BCUT2D eigenvalue weighted by molar-refractivity contribution is -0.138. The molecule has 39 heavy (non-hydrogen) atoms. The molecule has 0 atom stereocenters. The Balaban J connectivity index is 1.48. The van der Waals surface area contributed by atoms with Crippen LogP contribution in [0.15, 0.2) is 53.8 Å². The minimum Gasteiger partial charge on any atom is -0.496 e. The number of aromatic nitrogens is 5. The zero-order valence-electron chi connectivity index (χ0n) is 20.5. The van der Waals surface area contributed by atoms with Crippen molar-refractivity contribution in [3.63, 3.8) is 0 Å². The summed E-state index contributed by atoms with van der Waals surface area (Å²) in [7, 11) is -2.64. The number of carbonyl (C=O) groups excluding carboxylic acids is 2. The number of nitrogens with one attached hydrogen (secondary N) is 2. The number of methoxy groups -OCH3 is 1. The van der Waals surface area contributed by atoms with Crippen molar-refractivity contribution >= 4 is 49.8 Å². The number of aliphatic carboxylic acids is 1. The number of hydrogen-bond donors (Lipinski definition) is 3. The van der Waals surface area contributed by atoms with Crippen LogP contribution in [0.2, 0.25) is 0 Å². The Morgan fingerprint density at radius 1 is 1.10 bits per heavy atom. The molecule has 16 heteroatoms. The first-order chi connectivity index (χ1) is 18.6. The minimum absolute atomic E-state index is 0.0903. The second-order valence-corrected chi connectivity index (χ2v) is 11.1. The standard InChI is InChI=1S/C23H21N7O7S2/c1-13-7-8-17(16(9-13)20(33)15-5-3-4-6-18(15)37-2)25-21(34)26-22-24-10-14(38-22)12-39(35,36)23-27-28-29-30(23)11-19(31)32/h3-10H,11-12H2,1-2H3,(H,31,32)(H2,24,25,26,34). The number of ketones is 1. The van der Waals surface area contributed by atoms with Crippen molar-refractivity contribution in [1.29, 1.82) is 0 Å². The molecular formula is C23H21N7O7S2. The van der Waals surface area contributed by atoms with Crippen molar-refractivity contribution in [3.8, 4) is 5.75 Å². The third-order valence-corrected chi connectivity index (χ3v) is 7.82. The molecule has 0 saturated carbocycles. The van der Waals surface area contributed by atoms with Gasteiger partial charge in [0.15, 0.2) is 10.9 Å². The number of carbonyl (C=O) groups is 3. The largest absolute Gasteiger partial charge is 0.496 e. The number of thiazole rings is 1. The van der Waals surface area contributed by atoms with E-state index in [9.17, 15) is 22.8 Å². The number of benzene rings is 2. The molecule has 0 unspecified atom stereocenters. The Morgan fingerprint density at radius 3 is 2.62 bits per heavy atom. The number of carboxylic acids is 1. The van der Waals surface area contributed by atoms with Crippen LogP contribution in [-0.2, 0) is 26.9 Å². The first-order valence-corrected chi connectivity index (χ1v) is 13.6. The molecule has 4 aromatic rings. The van der Waals surface area contributed by atoms with Crippen molar-refractivity contribution in [3.05, 3.63) is 70.2 Å². The molecule has 0 spiro atoms. The average molecular weight is 572 g/mol. The quantitative estimate of drug-likeness (QED) is 0.236. The third-order valence-electron chi connectivity index (χ3n) is 5.19. The van der Waals surface area contributed by atoms with E-state index in [1.54, 1.807) is 42.5 Å². The van der Waals surface area contributed by atoms with E-state index in [0.717, 1.165) is 16.9 Å². The number of aryl methyl sites for hydroxylation is 1. The highest BCUT2D eigenvalue weighted by Gasteiger charge is 2.26. The lowest BCUT2D eigenvalue weighted by Gasteiger charge is -2.13. The SMILES string of the molecule is COc1ccccc1C(=O)c1cc(C)ccc1NC(=O)Nc1ncc(CS(=O)(=O)c2nnnn2CC(=O)O)s1.